The SMILES string of the molecule is C=CC(=O)OCCCCOc1ccc(C(=O)Oc2ccc(OC(=O)c3ccc(OCCCCOC(=O)C=C)cc3C)c(C)c2)c(C)c1. The zero-order valence-electron chi connectivity index (χ0n) is 27.0. The maximum absolute atomic E-state index is 12.9. The lowest BCUT2D eigenvalue weighted by molar-refractivity contribution is -0.138. The van der Waals surface area contributed by atoms with Gasteiger partial charge in [0.15, 0.2) is 0 Å². The van der Waals surface area contributed by atoms with Gasteiger partial charge in [-0.3, -0.25) is 0 Å². The van der Waals surface area contributed by atoms with Gasteiger partial charge in [0.25, 0.3) is 0 Å². The minimum absolute atomic E-state index is 0.298. The van der Waals surface area contributed by atoms with E-state index in [-0.39, 0.29) is 0 Å². The summed E-state index contributed by atoms with van der Waals surface area (Å²) in [5.41, 5.74) is 2.76. The van der Waals surface area contributed by atoms with Crippen molar-refractivity contribution in [2.24, 2.45) is 0 Å². The molecule has 248 valence electrons. The smallest absolute Gasteiger partial charge is 0.343 e. The van der Waals surface area contributed by atoms with E-state index in [9.17, 15) is 19.2 Å². The van der Waals surface area contributed by atoms with E-state index in [4.69, 9.17) is 28.4 Å². The first-order chi connectivity index (χ1) is 22.6. The van der Waals surface area contributed by atoms with E-state index >= 15 is 0 Å². The molecule has 3 rings (SSSR count). The standard InChI is InChI=1S/C37H40O10/c1-6-34(38)44-20-10-8-18-42-28-12-15-31(25(3)22-28)36(40)46-30-14-17-33(27(5)24-30)47-37(41)32-16-13-29(23-26(32)4)43-19-9-11-21-45-35(39)7-2/h6-7,12-17,22-24H,1-2,8-11,18-21H2,3-5H3. The number of esters is 4. The highest BCUT2D eigenvalue weighted by Crippen LogP contribution is 2.27. The molecule has 0 saturated carbocycles. The van der Waals surface area contributed by atoms with Gasteiger partial charge < -0.3 is 28.4 Å². The van der Waals surface area contributed by atoms with Crippen molar-refractivity contribution in [3.05, 3.63) is 108 Å². The number of unbranched alkanes of at least 4 members (excludes halogenated alkanes) is 2. The average Bonchev–Trinajstić information content (AvgIpc) is 3.05. The van der Waals surface area contributed by atoms with Gasteiger partial charge in [0.1, 0.15) is 23.0 Å². The highest BCUT2D eigenvalue weighted by Gasteiger charge is 2.17. The molecule has 0 fully saturated rings. The molecule has 0 bridgehead atoms. The van der Waals surface area contributed by atoms with Gasteiger partial charge in [-0.1, -0.05) is 13.2 Å². The minimum atomic E-state index is -0.531. The monoisotopic (exact) mass is 644 g/mol. The van der Waals surface area contributed by atoms with Gasteiger partial charge in [-0.05, 0) is 118 Å². The minimum Gasteiger partial charge on any atom is -0.494 e. The highest BCUT2D eigenvalue weighted by molar-refractivity contribution is 5.94. The molecule has 0 atom stereocenters. The summed E-state index contributed by atoms with van der Waals surface area (Å²) in [6.07, 6.45) is 4.95. The summed E-state index contributed by atoms with van der Waals surface area (Å²) in [5.74, 6) is -0.0882. The lowest BCUT2D eigenvalue weighted by Gasteiger charge is -2.13. The van der Waals surface area contributed by atoms with Crippen molar-refractivity contribution in [2.75, 3.05) is 26.4 Å². The first kappa shape index (κ1) is 36.1. The Bertz CT molecular complexity index is 1590. The molecule has 0 aliphatic heterocycles. The number of aryl methyl sites for hydroxylation is 3. The van der Waals surface area contributed by atoms with E-state index in [1.807, 2.05) is 0 Å². The van der Waals surface area contributed by atoms with Gasteiger partial charge in [-0.15, -0.1) is 0 Å². The molecule has 0 aliphatic carbocycles. The number of ether oxygens (including phenoxy) is 6. The number of carbonyl (C=O) groups is 4. The summed E-state index contributed by atoms with van der Waals surface area (Å²) in [7, 11) is 0. The average molecular weight is 645 g/mol. The van der Waals surface area contributed by atoms with Crippen LogP contribution in [0.1, 0.15) is 63.1 Å². The van der Waals surface area contributed by atoms with Crippen LogP contribution in [0.3, 0.4) is 0 Å². The molecule has 0 heterocycles. The molecule has 0 N–H and O–H groups in total. The van der Waals surface area contributed by atoms with Crippen molar-refractivity contribution < 1.29 is 47.6 Å². The van der Waals surface area contributed by atoms with Gasteiger partial charge in [0, 0.05) is 12.2 Å². The zero-order chi connectivity index (χ0) is 34.2. The number of hydrogen-bond acceptors (Lipinski definition) is 10. The molecule has 47 heavy (non-hydrogen) atoms. The molecule has 0 radical (unpaired) electrons. The van der Waals surface area contributed by atoms with E-state index in [1.165, 1.54) is 0 Å². The Hall–Kier alpha value is -5.38. The Morgan fingerprint density at radius 2 is 0.979 bits per heavy atom. The van der Waals surface area contributed by atoms with Crippen molar-refractivity contribution in [3.63, 3.8) is 0 Å². The van der Waals surface area contributed by atoms with E-state index in [2.05, 4.69) is 13.2 Å². The maximum atomic E-state index is 12.9. The highest BCUT2D eigenvalue weighted by atomic mass is 16.5. The van der Waals surface area contributed by atoms with Crippen LogP contribution in [0, 0.1) is 20.8 Å². The molecule has 0 amide bonds. The topological polar surface area (TPSA) is 124 Å². The van der Waals surface area contributed by atoms with Crippen LogP contribution >= 0.6 is 0 Å². The summed E-state index contributed by atoms with van der Waals surface area (Å²) in [6.45, 7) is 13.5. The summed E-state index contributed by atoms with van der Waals surface area (Å²) in [4.78, 5) is 48.0. The van der Waals surface area contributed by atoms with Gasteiger partial charge in [-0.25, -0.2) is 19.2 Å². The summed E-state index contributed by atoms with van der Waals surface area (Å²) < 4.78 is 32.6. The second-order valence-corrected chi connectivity index (χ2v) is 10.5. The Morgan fingerprint density at radius 1 is 0.553 bits per heavy atom. The second-order valence-electron chi connectivity index (χ2n) is 10.5. The predicted octanol–water partition coefficient (Wildman–Crippen LogP) is 6.83. The predicted molar refractivity (Wildman–Crippen MR) is 175 cm³/mol. The van der Waals surface area contributed by atoms with Gasteiger partial charge in [-0.2, -0.15) is 0 Å². The molecule has 0 unspecified atom stereocenters. The molecule has 3 aromatic rings. The lowest BCUT2D eigenvalue weighted by Crippen LogP contribution is -2.12. The molecule has 10 heteroatoms. The van der Waals surface area contributed by atoms with Crippen molar-refractivity contribution >= 4 is 23.9 Å². The van der Waals surface area contributed by atoms with Gasteiger partial charge in [0.05, 0.1) is 37.6 Å². The normalized spacial score (nSPS) is 10.4. The van der Waals surface area contributed by atoms with Crippen LogP contribution in [0.5, 0.6) is 23.0 Å². The van der Waals surface area contributed by atoms with E-state index < -0.39 is 23.9 Å². The summed E-state index contributed by atoms with van der Waals surface area (Å²) in [6, 6.07) is 15.0. The Balaban J connectivity index is 1.48. The van der Waals surface area contributed by atoms with Crippen LogP contribution in [-0.4, -0.2) is 50.3 Å². The first-order valence-corrected chi connectivity index (χ1v) is 15.2. The Morgan fingerprint density at radius 3 is 1.43 bits per heavy atom. The van der Waals surface area contributed by atoms with Crippen LogP contribution in [0.15, 0.2) is 79.9 Å². The molecular weight excluding hydrogens is 604 g/mol. The van der Waals surface area contributed by atoms with E-state index in [0.717, 1.165) is 12.2 Å². The molecule has 0 saturated heterocycles. The zero-order valence-corrected chi connectivity index (χ0v) is 27.0. The number of rotatable bonds is 18. The maximum Gasteiger partial charge on any atom is 0.343 e. The fourth-order valence-electron chi connectivity index (χ4n) is 4.28. The molecule has 0 aromatic heterocycles. The van der Waals surface area contributed by atoms with Crippen LogP contribution < -0.4 is 18.9 Å². The quantitative estimate of drug-likeness (QED) is 0.0630. The number of benzene rings is 3. The molecule has 0 aliphatic rings. The first-order valence-electron chi connectivity index (χ1n) is 15.2. The number of hydrogen-bond donors (Lipinski definition) is 0. The van der Waals surface area contributed by atoms with Crippen molar-refractivity contribution in [2.45, 2.75) is 46.5 Å². The third kappa shape index (κ3) is 11.8. The largest absolute Gasteiger partial charge is 0.494 e. The van der Waals surface area contributed by atoms with Crippen LogP contribution in [0.2, 0.25) is 0 Å². The van der Waals surface area contributed by atoms with Crippen LogP contribution in [0.25, 0.3) is 0 Å². The summed E-state index contributed by atoms with van der Waals surface area (Å²) in [5, 5.41) is 0. The van der Waals surface area contributed by atoms with Crippen LogP contribution in [0.4, 0.5) is 0 Å². The fourth-order valence-corrected chi connectivity index (χ4v) is 4.28. The van der Waals surface area contributed by atoms with E-state index in [1.54, 1.807) is 75.4 Å². The summed E-state index contributed by atoms with van der Waals surface area (Å²) >= 11 is 0. The molecular formula is C37H40O10. The molecule has 3 aromatic carbocycles. The molecule has 0 spiro atoms. The number of carbonyl (C=O) groups excluding carboxylic acids is 4. The Labute approximate surface area is 274 Å². The van der Waals surface area contributed by atoms with Crippen molar-refractivity contribution in [3.8, 4) is 23.0 Å². The van der Waals surface area contributed by atoms with Gasteiger partial charge >= 0.3 is 23.9 Å². The third-order valence-corrected chi connectivity index (χ3v) is 6.83. The van der Waals surface area contributed by atoms with Gasteiger partial charge in [0.2, 0.25) is 0 Å². The lowest BCUT2D eigenvalue weighted by atomic mass is 10.1. The molecule has 10 nitrogen and oxygen atoms in total. The second kappa shape index (κ2) is 18.6. The Kier molecular flexibility index (Phi) is 14.2. The third-order valence-electron chi connectivity index (χ3n) is 6.83. The van der Waals surface area contributed by atoms with Crippen molar-refractivity contribution in [1.82, 2.24) is 0 Å². The van der Waals surface area contributed by atoms with E-state index in [0.29, 0.717) is 103 Å². The fraction of sp³-hybridized carbons (Fsp3) is 0.297. The van der Waals surface area contributed by atoms with Crippen LogP contribution in [-0.2, 0) is 19.1 Å². The van der Waals surface area contributed by atoms with Crippen molar-refractivity contribution in [1.29, 1.82) is 0 Å².